The molecule has 104 valence electrons. The Bertz CT molecular complexity index is 641. The lowest BCUT2D eigenvalue weighted by atomic mass is 10.0. The summed E-state index contributed by atoms with van der Waals surface area (Å²) in [4.78, 5) is 10.2. The van der Waals surface area contributed by atoms with E-state index in [1.807, 2.05) is 26.0 Å². The van der Waals surface area contributed by atoms with Crippen LogP contribution in [0.1, 0.15) is 25.3 Å². The summed E-state index contributed by atoms with van der Waals surface area (Å²) in [5.41, 5.74) is 0.261. The van der Waals surface area contributed by atoms with E-state index >= 15 is 0 Å². The maximum atomic E-state index is 13.5. The number of nitrogens with zero attached hydrogens (tertiary/aromatic N) is 1. The van der Waals surface area contributed by atoms with Gasteiger partial charge >= 0.3 is 5.69 Å². The number of hydrogen-bond acceptors (Lipinski definition) is 3. The summed E-state index contributed by atoms with van der Waals surface area (Å²) in [5.74, 6) is -0.312. The summed E-state index contributed by atoms with van der Waals surface area (Å²) in [7, 11) is 0. The smallest absolute Gasteiger partial charge is 0.346 e. The molecule has 0 amide bonds. The molecule has 0 aliphatic heterocycles. The molecule has 20 heavy (non-hydrogen) atoms. The lowest BCUT2D eigenvalue weighted by Crippen LogP contribution is -1.99. The number of halogens is 1. The molecule has 0 saturated carbocycles. The van der Waals surface area contributed by atoms with Crippen molar-refractivity contribution in [1.29, 1.82) is 0 Å². The van der Waals surface area contributed by atoms with E-state index in [1.165, 1.54) is 12.1 Å². The number of ether oxygens (including phenoxy) is 1. The molecule has 2 rings (SSSR count). The summed E-state index contributed by atoms with van der Waals surface area (Å²) < 4.78 is 19.1. The van der Waals surface area contributed by atoms with Crippen molar-refractivity contribution in [3.05, 3.63) is 64.0 Å². The van der Waals surface area contributed by atoms with E-state index in [-0.39, 0.29) is 11.7 Å². The van der Waals surface area contributed by atoms with Crippen LogP contribution in [-0.4, -0.2) is 4.92 Å². The molecule has 0 aromatic heterocycles. The van der Waals surface area contributed by atoms with Crippen LogP contribution >= 0.6 is 0 Å². The van der Waals surface area contributed by atoms with Crippen LogP contribution in [0.15, 0.2) is 42.5 Å². The molecule has 0 radical (unpaired) electrons. The maximum absolute atomic E-state index is 13.5. The van der Waals surface area contributed by atoms with E-state index in [0.717, 1.165) is 11.6 Å². The van der Waals surface area contributed by atoms with Gasteiger partial charge < -0.3 is 4.74 Å². The lowest BCUT2D eigenvalue weighted by molar-refractivity contribution is -0.388. The van der Waals surface area contributed by atoms with Gasteiger partial charge in [-0.05, 0) is 29.7 Å². The van der Waals surface area contributed by atoms with Crippen molar-refractivity contribution in [2.24, 2.45) is 0 Å². The van der Waals surface area contributed by atoms with E-state index in [4.69, 9.17) is 4.74 Å². The van der Waals surface area contributed by atoms with Gasteiger partial charge in [0, 0.05) is 0 Å². The van der Waals surface area contributed by atoms with Crippen LogP contribution in [0.5, 0.6) is 11.5 Å². The van der Waals surface area contributed by atoms with Gasteiger partial charge in [0.1, 0.15) is 5.75 Å². The second-order valence-corrected chi connectivity index (χ2v) is 4.64. The second kappa shape index (κ2) is 5.69. The zero-order valence-electron chi connectivity index (χ0n) is 11.2. The molecule has 0 heterocycles. The van der Waals surface area contributed by atoms with Crippen molar-refractivity contribution in [1.82, 2.24) is 0 Å². The van der Waals surface area contributed by atoms with Crippen molar-refractivity contribution >= 4 is 5.69 Å². The zero-order chi connectivity index (χ0) is 14.7. The predicted molar refractivity (Wildman–Crippen MR) is 73.7 cm³/mol. The Balaban J connectivity index is 2.46. The Morgan fingerprint density at radius 1 is 1.10 bits per heavy atom. The molecule has 5 heteroatoms. The van der Waals surface area contributed by atoms with Crippen LogP contribution in [-0.2, 0) is 0 Å². The standard InChI is InChI=1S/C15H14FNO3/c1-10(2)11-6-3-4-8-13(11)20-14-9-5-7-12(16)15(14)17(18)19/h3-10H,1-2H3. The fraction of sp³-hybridized carbons (Fsp3) is 0.200. The third-order valence-electron chi connectivity index (χ3n) is 2.89. The first-order valence-corrected chi connectivity index (χ1v) is 6.20. The minimum atomic E-state index is -0.908. The average Bonchev–Trinajstić information content (AvgIpc) is 2.38. The molecule has 2 aromatic carbocycles. The van der Waals surface area contributed by atoms with Crippen molar-refractivity contribution in [2.75, 3.05) is 0 Å². The molecule has 0 spiro atoms. The van der Waals surface area contributed by atoms with Crippen LogP contribution in [0.3, 0.4) is 0 Å². The van der Waals surface area contributed by atoms with Crippen molar-refractivity contribution < 1.29 is 14.1 Å². The predicted octanol–water partition coefficient (Wildman–Crippen LogP) is 4.65. The van der Waals surface area contributed by atoms with Gasteiger partial charge in [-0.3, -0.25) is 10.1 Å². The average molecular weight is 275 g/mol. The number of benzene rings is 2. The largest absolute Gasteiger partial charge is 0.450 e. The third-order valence-corrected chi connectivity index (χ3v) is 2.89. The zero-order valence-corrected chi connectivity index (χ0v) is 11.2. The Morgan fingerprint density at radius 3 is 2.40 bits per heavy atom. The van der Waals surface area contributed by atoms with E-state index in [1.54, 1.807) is 12.1 Å². The molecule has 0 unspecified atom stereocenters. The lowest BCUT2D eigenvalue weighted by Gasteiger charge is -2.13. The summed E-state index contributed by atoms with van der Waals surface area (Å²) in [6.45, 7) is 3.98. The molecule has 2 aromatic rings. The first kappa shape index (κ1) is 14.0. The summed E-state index contributed by atoms with van der Waals surface area (Å²) in [6.07, 6.45) is 0. The Morgan fingerprint density at radius 2 is 1.75 bits per heavy atom. The summed E-state index contributed by atoms with van der Waals surface area (Å²) in [6, 6.07) is 11.0. The fourth-order valence-corrected chi connectivity index (χ4v) is 1.92. The second-order valence-electron chi connectivity index (χ2n) is 4.64. The molecule has 0 aliphatic rings. The topological polar surface area (TPSA) is 52.4 Å². The monoisotopic (exact) mass is 275 g/mol. The first-order valence-electron chi connectivity index (χ1n) is 6.20. The van der Waals surface area contributed by atoms with Gasteiger partial charge in [-0.25, -0.2) is 0 Å². The van der Waals surface area contributed by atoms with Crippen LogP contribution in [0.2, 0.25) is 0 Å². The minimum absolute atomic E-state index is 0.0944. The number of para-hydroxylation sites is 2. The molecular weight excluding hydrogens is 261 g/mol. The Labute approximate surface area is 116 Å². The van der Waals surface area contributed by atoms with Crippen LogP contribution in [0, 0.1) is 15.9 Å². The van der Waals surface area contributed by atoms with Gasteiger partial charge in [0.2, 0.25) is 11.6 Å². The quantitative estimate of drug-likeness (QED) is 0.602. The fourth-order valence-electron chi connectivity index (χ4n) is 1.92. The van der Waals surface area contributed by atoms with E-state index in [0.29, 0.717) is 5.75 Å². The summed E-state index contributed by atoms with van der Waals surface area (Å²) in [5, 5.41) is 10.9. The highest BCUT2D eigenvalue weighted by molar-refractivity contribution is 5.50. The van der Waals surface area contributed by atoms with Gasteiger partial charge in [0.15, 0.2) is 0 Å². The highest BCUT2D eigenvalue weighted by Crippen LogP contribution is 2.36. The Hall–Kier alpha value is -2.43. The van der Waals surface area contributed by atoms with Gasteiger partial charge in [-0.2, -0.15) is 4.39 Å². The molecule has 0 N–H and O–H groups in total. The molecule has 0 fully saturated rings. The highest BCUT2D eigenvalue weighted by atomic mass is 19.1. The van der Waals surface area contributed by atoms with E-state index in [9.17, 15) is 14.5 Å². The highest BCUT2D eigenvalue weighted by Gasteiger charge is 2.22. The number of nitro benzene ring substituents is 1. The van der Waals surface area contributed by atoms with E-state index in [2.05, 4.69) is 0 Å². The van der Waals surface area contributed by atoms with Crippen LogP contribution in [0.25, 0.3) is 0 Å². The van der Waals surface area contributed by atoms with Crippen LogP contribution in [0.4, 0.5) is 10.1 Å². The molecule has 4 nitrogen and oxygen atoms in total. The molecule has 0 atom stereocenters. The molecular formula is C15H14FNO3. The van der Waals surface area contributed by atoms with Crippen molar-refractivity contribution in [3.8, 4) is 11.5 Å². The SMILES string of the molecule is CC(C)c1ccccc1Oc1cccc(F)c1[N+](=O)[O-]. The third kappa shape index (κ3) is 2.77. The van der Waals surface area contributed by atoms with Gasteiger partial charge in [-0.15, -0.1) is 0 Å². The maximum Gasteiger partial charge on any atom is 0.346 e. The van der Waals surface area contributed by atoms with Crippen LogP contribution < -0.4 is 4.74 Å². The minimum Gasteiger partial charge on any atom is -0.450 e. The molecule has 0 saturated heterocycles. The Kier molecular flexibility index (Phi) is 3.98. The van der Waals surface area contributed by atoms with Gasteiger partial charge in [-0.1, -0.05) is 38.1 Å². The van der Waals surface area contributed by atoms with Crippen molar-refractivity contribution in [3.63, 3.8) is 0 Å². The number of hydrogen-bond donors (Lipinski definition) is 0. The number of nitro groups is 1. The normalized spacial score (nSPS) is 10.6. The van der Waals surface area contributed by atoms with Gasteiger partial charge in [0.05, 0.1) is 4.92 Å². The number of rotatable bonds is 4. The summed E-state index contributed by atoms with van der Waals surface area (Å²) >= 11 is 0. The van der Waals surface area contributed by atoms with Gasteiger partial charge in [0.25, 0.3) is 0 Å². The first-order chi connectivity index (χ1) is 9.50. The van der Waals surface area contributed by atoms with E-state index < -0.39 is 16.4 Å². The molecule has 0 bridgehead atoms. The van der Waals surface area contributed by atoms with Crippen molar-refractivity contribution in [2.45, 2.75) is 19.8 Å². The molecule has 0 aliphatic carbocycles.